The van der Waals surface area contributed by atoms with Crippen molar-refractivity contribution in [2.75, 3.05) is 13.2 Å². The van der Waals surface area contributed by atoms with Crippen LogP contribution in [0.4, 0.5) is 0 Å². The molecule has 140 valence electrons. The second-order valence-corrected chi connectivity index (χ2v) is 7.36. The molecule has 1 amide bonds. The van der Waals surface area contributed by atoms with Crippen LogP contribution in [0, 0.1) is 11.8 Å². The summed E-state index contributed by atoms with van der Waals surface area (Å²) in [7, 11) is 0. The number of benzene rings is 1. The number of carbonyl (C=O) groups excluding carboxylic acids is 2. The van der Waals surface area contributed by atoms with E-state index < -0.39 is 17.8 Å². The summed E-state index contributed by atoms with van der Waals surface area (Å²) >= 11 is 16.8. The highest BCUT2D eigenvalue weighted by Crippen LogP contribution is 2.28. The molecule has 0 heterocycles. The first kappa shape index (κ1) is 20.8. The van der Waals surface area contributed by atoms with Crippen molar-refractivity contribution in [3.05, 3.63) is 57.6 Å². The molecular formula is C19H20Cl3NO3. The molecule has 0 spiro atoms. The third-order valence-corrected chi connectivity index (χ3v) is 5.12. The van der Waals surface area contributed by atoms with Crippen LogP contribution < -0.4 is 5.32 Å². The summed E-state index contributed by atoms with van der Waals surface area (Å²) in [5, 5.41) is 2.96. The first-order chi connectivity index (χ1) is 12.5. The Morgan fingerprint density at radius 3 is 2.35 bits per heavy atom. The number of carbonyl (C=O) groups is 2. The molecule has 0 saturated carbocycles. The number of esters is 1. The molecule has 0 bridgehead atoms. The van der Waals surface area contributed by atoms with Gasteiger partial charge in [0.05, 0.1) is 16.9 Å². The largest absolute Gasteiger partial charge is 0.460 e. The van der Waals surface area contributed by atoms with E-state index in [1.54, 1.807) is 0 Å². The van der Waals surface area contributed by atoms with E-state index in [2.05, 4.69) is 5.32 Å². The van der Waals surface area contributed by atoms with Gasteiger partial charge in [0.2, 0.25) is 5.91 Å². The molecule has 0 aromatic heterocycles. The molecule has 0 aliphatic heterocycles. The van der Waals surface area contributed by atoms with E-state index in [9.17, 15) is 9.59 Å². The summed E-state index contributed by atoms with van der Waals surface area (Å²) in [6.45, 7) is 0.312. The molecule has 0 fully saturated rings. The van der Waals surface area contributed by atoms with E-state index in [-0.39, 0.29) is 22.0 Å². The smallest absolute Gasteiger partial charge is 0.310 e. The minimum Gasteiger partial charge on any atom is -0.460 e. The highest BCUT2D eigenvalue weighted by molar-refractivity contribution is 6.59. The van der Waals surface area contributed by atoms with E-state index in [4.69, 9.17) is 39.5 Å². The van der Waals surface area contributed by atoms with Crippen LogP contribution in [-0.2, 0) is 20.7 Å². The zero-order valence-electron chi connectivity index (χ0n) is 14.1. The maximum absolute atomic E-state index is 12.5. The maximum atomic E-state index is 12.5. The Hall–Kier alpha value is -1.49. The van der Waals surface area contributed by atoms with Gasteiger partial charge in [-0.05, 0) is 24.8 Å². The fraction of sp³-hybridized carbons (Fsp3) is 0.368. The number of hydrogen-bond donors (Lipinski definition) is 1. The van der Waals surface area contributed by atoms with Gasteiger partial charge in [-0.2, -0.15) is 0 Å². The van der Waals surface area contributed by atoms with E-state index in [1.807, 2.05) is 42.5 Å². The molecule has 7 heteroatoms. The summed E-state index contributed by atoms with van der Waals surface area (Å²) in [5.74, 6) is -1.64. The standard InChI is InChI=1S/C19H20Cl3NO3/c20-16(17(21)22)12-26-19(25)15-9-5-4-8-14(15)18(24)23-11-10-13-6-2-1-3-7-13/h1-7,14-15H,8-12H2,(H,23,24)/t14-,15+/m1/s1. The molecule has 26 heavy (non-hydrogen) atoms. The van der Waals surface area contributed by atoms with Gasteiger partial charge in [-0.1, -0.05) is 77.3 Å². The van der Waals surface area contributed by atoms with Crippen molar-refractivity contribution < 1.29 is 14.3 Å². The van der Waals surface area contributed by atoms with Gasteiger partial charge in [0.15, 0.2) is 0 Å². The Bertz CT molecular complexity index is 685. The summed E-state index contributed by atoms with van der Waals surface area (Å²) in [5.41, 5.74) is 1.15. The topological polar surface area (TPSA) is 55.4 Å². The van der Waals surface area contributed by atoms with Crippen molar-refractivity contribution in [2.45, 2.75) is 19.3 Å². The van der Waals surface area contributed by atoms with Crippen molar-refractivity contribution >= 4 is 46.7 Å². The van der Waals surface area contributed by atoms with E-state index >= 15 is 0 Å². The van der Waals surface area contributed by atoms with Gasteiger partial charge in [0.1, 0.15) is 11.1 Å². The third kappa shape index (κ3) is 6.35. The third-order valence-electron chi connectivity index (χ3n) is 4.17. The van der Waals surface area contributed by atoms with Crippen molar-refractivity contribution in [3.63, 3.8) is 0 Å². The fourth-order valence-electron chi connectivity index (χ4n) is 2.77. The molecular weight excluding hydrogens is 397 g/mol. The lowest BCUT2D eigenvalue weighted by atomic mass is 9.82. The van der Waals surface area contributed by atoms with Crippen LogP contribution in [0.5, 0.6) is 0 Å². The lowest BCUT2D eigenvalue weighted by Crippen LogP contribution is -2.40. The van der Waals surface area contributed by atoms with E-state index in [1.165, 1.54) is 0 Å². The van der Waals surface area contributed by atoms with Crippen molar-refractivity contribution in [3.8, 4) is 0 Å². The second kappa shape index (κ2) is 10.6. The van der Waals surface area contributed by atoms with Crippen LogP contribution in [0.15, 0.2) is 52.0 Å². The number of nitrogens with one attached hydrogen (secondary N) is 1. The minimum atomic E-state index is -0.546. The average molecular weight is 417 g/mol. The van der Waals surface area contributed by atoms with Crippen LogP contribution in [0.3, 0.4) is 0 Å². The monoisotopic (exact) mass is 415 g/mol. The van der Waals surface area contributed by atoms with Crippen LogP contribution in [0.25, 0.3) is 0 Å². The lowest BCUT2D eigenvalue weighted by molar-refractivity contribution is -0.152. The zero-order valence-corrected chi connectivity index (χ0v) is 16.4. The first-order valence-electron chi connectivity index (χ1n) is 8.32. The minimum absolute atomic E-state index is 0.0527. The normalized spacial score (nSPS) is 18.9. The van der Waals surface area contributed by atoms with Gasteiger partial charge in [0, 0.05) is 6.54 Å². The molecule has 1 aliphatic rings. The Morgan fingerprint density at radius 1 is 1.04 bits per heavy atom. The number of ether oxygens (including phenoxy) is 1. The van der Waals surface area contributed by atoms with E-state index in [0.29, 0.717) is 19.4 Å². The highest BCUT2D eigenvalue weighted by Gasteiger charge is 2.35. The van der Waals surface area contributed by atoms with Crippen molar-refractivity contribution in [2.24, 2.45) is 11.8 Å². The summed E-state index contributed by atoms with van der Waals surface area (Å²) in [6.07, 6.45) is 5.47. The SMILES string of the molecule is O=C(OCC(Cl)=C(Cl)Cl)[C@H]1CC=CC[C@H]1C(=O)NCCc1ccccc1. The van der Waals surface area contributed by atoms with Crippen molar-refractivity contribution in [1.82, 2.24) is 5.32 Å². The Labute approximate surface area is 168 Å². The number of amides is 1. The molecule has 2 atom stereocenters. The van der Waals surface area contributed by atoms with Crippen LogP contribution in [-0.4, -0.2) is 25.0 Å². The molecule has 1 aromatic rings. The quantitative estimate of drug-likeness (QED) is 0.531. The average Bonchev–Trinajstić information content (AvgIpc) is 2.66. The molecule has 1 N–H and O–H groups in total. The second-order valence-electron chi connectivity index (χ2n) is 5.96. The predicted octanol–water partition coefficient (Wildman–Crippen LogP) is 4.36. The maximum Gasteiger partial charge on any atom is 0.310 e. The molecule has 2 rings (SSSR count). The number of hydrogen-bond acceptors (Lipinski definition) is 3. The first-order valence-corrected chi connectivity index (χ1v) is 9.45. The van der Waals surface area contributed by atoms with Crippen molar-refractivity contribution in [1.29, 1.82) is 0 Å². The molecule has 1 aromatic carbocycles. The lowest BCUT2D eigenvalue weighted by Gasteiger charge is -2.26. The predicted molar refractivity (Wildman–Crippen MR) is 104 cm³/mol. The van der Waals surface area contributed by atoms with Gasteiger partial charge < -0.3 is 10.1 Å². The van der Waals surface area contributed by atoms with Gasteiger partial charge in [-0.25, -0.2) is 0 Å². The van der Waals surface area contributed by atoms with E-state index in [0.717, 1.165) is 12.0 Å². The summed E-state index contributed by atoms with van der Waals surface area (Å²) in [4.78, 5) is 24.9. The van der Waals surface area contributed by atoms with Crippen LogP contribution >= 0.6 is 34.8 Å². The van der Waals surface area contributed by atoms with Gasteiger partial charge >= 0.3 is 5.97 Å². The summed E-state index contributed by atoms with van der Waals surface area (Å²) < 4.78 is 5.01. The molecule has 0 saturated heterocycles. The summed E-state index contributed by atoms with van der Waals surface area (Å²) in [6, 6.07) is 9.89. The molecule has 4 nitrogen and oxygen atoms in total. The molecule has 1 aliphatic carbocycles. The number of allylic oxidation sites excluding steroid dienone is 2. The van der Waals surface area contributed by atoms with Gasteiger partial charge in [-0.3, -0.25) is 9.59 Å². The fourth-order valence-corrected chi connectivity index (χ4v) is 2.93. The molecule has 0 radical (unpaired) electrons. The molecule has 0 unspecified atom stereocenters. The Balaban J connectivity index is 1.88. The van der Waals surface area contributed by atoms with Gasteiger partial charge in [0.25, 0.3) is 0 Å². The highest BCUT2D eigenvalue weighted by atomic mass is 35.5. The zero-order chi connectivity index (χ0) is 18.9. The van der Waals surface area contributed by atoms with Crippen LogP contribution in [0.1, 0.15) is 18.4 Å². The number of rotatable bonds is 7. The Kier molecular flexibility index (Phi) is 8.49. The van der Waals surface area contributed by atoms with Crippen LogP contribution in [0.2, 0.25) is 0 Å². The Morgan fingerprint density at radius 2 is 1.69 bits per heavy atom. The van der Waals surface area contributed by atoms with Gasteiger partial charge in [-0.15, -0.1) is 0 Å². The number of halogens is 3.